The molecule has 0 radical (unpaired) electrons. The van der Waals surface area contributed by atoms with Crippen LogP contribution in [0.15, 0.2) is 12.1 Å². The van der Waals surface area contributed by atoms with Gasteiger partial charge in [-0.15, -0.1) is 0 Å². The molecule has 2 fully saturated rings. The number of hydrogen-bond acceptors (Lipinski definition) is 6. The minimum Gasteiger partial charge on any atom is -0.459 e. The Morgan fingerprint density at radius 1 is 1.11 bits per heavy atom. The van der Waals surface area contributed by atoms with Crippen LogP contribution in [0.5, 0.6) is 11.5 Å². The van der Waals surface area contributed by atoms with Gasteiger partial charge < -0.3 is 23.4 Å². The Balaban J connectivity index is 1.65. The monoisotopic (exact) mass is 388 g/mol. The lowest BCUT2D eigenvalue weighted by molar-refractivity contribution is -0.940. The van der Waals surface area contributed by atoms with Crippen molar-refractivity contribution in [3.63, 3.8) is 0 Å². The molecule has 0 aromatic heterocycles. The van der Waals surface area contributed by atoms with Crippen molar-refractivity contribution in [1.29, 1.82) is 0 Å². The Morgan fingerprint density at radius 2 is 1.82 bits per heavy atom. The summed E-state index contributed by atoms with van der Waals surface area (Å²) < 4.78 is 23.6. The lowest BCUT2D eigenvalue weighted by Gasteiger charge is -2.52. The first kappa shape index (κ1) is 17.8. The maximum Gasteiger partial charge on any atom is 0.303 e. The number of carbonyl (C=O) groups is 2. The third kappa shape index (κ3) is 2.59. The van der Waals surface area contributed by atoms with E-state index in [1.807, 2.05) is 6.07 Å². The third-order valence-electron chi connectivity index (χ3n) is 6.98. The number of hydrogen-bond donors (Lipinski definition) is 0. The molecular weight excluding hydrogens is 362 g/mol. The van der Waals surface area contributed by atoms with Gasteiger partial charge in [0, 0.05) is 31.7 Å². The van der Waals surface area contributed by atoms with Crippen LogP contribution in [0.25, 0.3) is 0 Å². The van der Waals surface area contributed by atoms with Crippen LogP contribution in [0.2, 0.25) is 0 Å². The molecule has 7 heteroatoms. The van der Waals surface area contributed by atoms with E-state index in [0.29, 0.717) is 12.0 Å². The molecule has 3 aliphatic heterocycles. The lowest BCUT2D eigenvalue weighted by Crippen LogP contribution is -2.62. The van der Waals surface area contributed by atoms with Gasteiger partial charge >= 0.3 is 11.9 Å². The molecule has 5 rings (SSSR count). The normalized spacial score (nSPS) is 37.0. The van der Waals surface area contributed by atoms with Gasteiger partial charge in [-0.1, -0.05) is 0 Å². The highest BCUT2D eigenvalue weighted by Gasteiger charge is 2.61. The van der Waals surface area contributed by atoms with Gasteiger partial charge in [0.15, 0.2) is 17.6 Å². The van der Waals surface area contributed by atoms with Gasteiger partial charge in [0.25, 0.3) is 0 Å². The minimum absolute atomic E-state index is 0.0299. The van der Waals surface area contributed by atoms with Crippen LogP contribution in [0.3, 0.4) is 0 Å². The zero-order valence-electron chi connectivity index (χ0n) is 16.5. The van der Waals surface area contributed by atoms with Crippen LogP contribution in [-0.4, -0.2) is 55.1 Å². The topological polar surface area (TPSA) is 71.1 Å². The summed E-state index contributed by atoms with van der Waals surface area (Å²) in [7, 11) is 2.29. The highest BCUT2D eigenvalue weighted by Crippen LogP contribution is 2.55. The van der Waals surface area contributed by atoms with Gasteiger partial charge in [-0.05, 0) is 24.1 Å². The molecule has 1 unspecified atom stereocenters. The molecule has 0 N–H and O–H groups in total. The number of rotatable bonds is 2. The molecule has 1 saturated heterocycles. The van der Waals surface area contributed by atoms with Crippen LogP contribution in [0.4, 0.5) is 0 Å². The summed E-state index contributed by atoms with van der Waals surface area (Å²) in [6, 6.07) is 4.46. The molecule has 1 aromatic rings. The Labute approximate surface area is 164 Å². The summed E-state index contributed by atoms with van der Waals surface area (Å²) in [6.45, 7) is 5.06. The number of ether oxygens (including phenoxy) is 4. The average Bonchev–Trinajstić information content (AvgIpc) is 3.19. The first-order valence-electron chi connectivity index (χ1n) is 9.97. The smallest absolute Gasteiger partial charge is 0.303 e. The van der Waals surface area contributed by atoms with Crippen molar-refractivity contribution < 1.29 is 33.0 Å². The number of likely N-dealkylation sites (N-methyl/N-ethyl adjacent to an activating group) is 1. The van der Waals surface area contributed by atoms with Gasteiger partial charge in [-0.3, -0.25) is 9.59 Å². The number of fused-ring (bicyclic) bond motifs is 3. The van der Waals surface area contributed by atoms with E-state index in [4.69, 9.17) is 18.9 Å². The van der Waals surface area contributed by atoms with Crippen molar-refractivity contribution in [2.45, 2.75) is 57.4 Å². The zero-order valence-corrected chi connectivity index (χ0v) is 16.5. The van der Waals surface area contributed by atoms with Crippen molar-refractivity contribution in [1.82, 2.24) is 0 Å². The second-order valence-corrected chi connectivity index (χ2v) is 8.79. The molecule has 0 spiro atoms. The molecule has 1 aromatic carbocycles. The molecule has 28 heavy (non-hydrogen) atoms. The molecule has 150 valence electrons. The Bertz CT molecular complexity index is 854. The summed E-state index contributed by atoms with van der Waals surface area (Å²) in [5, 5.41) is 0. The number of carbonyl (C=O) groups excluding carboxylic acids is 2. The fraction of sp³-hybridized carbons (Fsp3) is 0.619. The van der Waals surface area contributed by atoms with E-state index >= 15 is 0 Å². The summed E-state index contributed by atoms with van der Waals surface area (Å²) in [5.74, 6) is 1.23. The summed E-state index contributed by atoms with van der Waals surface area (Å²) in [5.41, 5.74) is 2.34. The van der Waals surface area contributed by atoms with E-state index in [-0.39, 0.29) is 24.6 Å². The Kier molecular flexibility index (Phi) is 3.88. The zero-order chi connectivity index (χ0) is 19.6. The third-order valence-corrected chi connectivity index (χ3v) is 6.98. The number of esters is 2. The first-order valence-corrected chi connectivity index (χ1v) is 9.97. The molecule has 0 amide bonds. The van der Waals surface area contributed by atoms with E-state index in [1.54, 1.807) is 0 Å². The van der Waals surface area contributed by atoms with Crippen LogP contribution >= 0.6 is 0 Å². The van der Waals surface area contributed by atoms with E-state index in [1.165, 1.54) is 19.4 Å². The highest BCUT2D eigenvalue weighted by molar-refractivity contribution is 5.67. The van der Waals surface area contributed by atoms with E-state index in [2.05, 4.69) is 13.1 Å². The molecule has 1 saturated carbocycles. The summed E-state index contributed by atoms with van der Waals surface area (Å²) in [4.78, 5) is 23.7. The molecule has 1 aliphatic carbocycles. The number of nitrogens with zero attached hydrogens (tertiary/aromatic N) is 1. The molecule has 4 aliphatic rings. The van der Waals surface area contributed by atoms with Crippen molar-refractivity contribution in [3.8, 4) is 11.5 Å². The predicted octanol–water partition coefficient (Wildman–Crippen LogP) is 2.11. The molecular formula is C21H26NO6+. The number of benzene rings is 1. The second-order valence-electron chi connectivity index (χ2n) is 8.79. The van der Waals surface area contributed by atoms with Crippen molar-refractivity contribution in [2.75, 3.05) is 20.4 Å². The van der Waals surface area contributed by atoms with Gasteiger partial charge in [-0.2, -0.15) is 0 Å². The molecule has 6 atom stereocenters. The van der Waals surface area contributed by atoms with E-state index in [9.17, 15) is 9.59 Å². The molecule has 7 nitrogen and oxygen atoms in total. The minimum atomic E-state index is -0.488. The highest BCUT2D eigenvalue weighted by atomic mass is 16.7. The van der Waals surface area contributed by atoms with Crippen LogP contribution in [-0.2, 0) is 25.6 Å². The fourth-order valence-corrected chi connectivity index (χ4v) is 6.14. The summed E-state index contributed by atoms with van der Waals surface area (Å²) >= 11 is 0. The van der Waals surface area contributed by atoms with Gasteiger partial charge in [0.2, 0.25) is 6.79 Å². The van der Waals surface area contributed by atoms with Crippen molar-refractivity contribution in [3.05, 3.63) is 23.3 Å². The number of quaternary nitrogens is 1. The van der Waals surface area contributed by atoms with Crippen LogP contribution < -0.4 is 9.47 Å². The molecule has 0 bridgehead atoms. The van der Waals surface area contributed by atoms with Crippen molar-refractivity contribution >= 4 is 11.9 Å². The van der Waals surface area contributed by atoms with Crippen LogP contribution in [0.1, 0.15) is 43.7 Å². The Morgan fingerprint density at radius 3 is 2.54 bits per heavy atom. The van der Waals surface area contributed by atoms with E-state index < -0.39 is 12.2 Å². The first-order chi connectivity index (χ1) is 13.4. The quantitative estimate of drug-likeness (QED) is 0.571. The second kappa shape index (κ2) is 6.11. The standard InChI is InChI=1S/C21H26NO6/c1-11(23)27-18-6-13-4-5-22(3)9-14-7-16-17(26-10-25-16)8-15(14)19(20(13)22)21(18)28-12(2)24/h7-8,13,18-21H,4-6,9-10H2,1-3H3/q+1/t13-,18-,19-,20-,21+,22?/m0/s1. The fourth-order valence-electron chi connectivity index (χ4n) is 6.14. The molecule has 3 heterocycles. The van der Waals surface area contributed by atoms with Gasteiger partial charge in [0.1, 0.15) is 18.7 Å². The Hall–Kier alpha value is -2.28. The van der Waals surface area contributed by atoms with E-state index in [0.717, 1.165) is 47.5 Å². The van der Waals surface area contributed by atoms with Gasteiger partial charge in [0.05, 0.1) is 19.5 Å². The maximum atomic E-state index is 12.0. The van der Waals surface area contributed by atoms with Crippen molar-refractivity contribution in [2.24, 2.45) is 5.92 Å². The maximum absolute atomic E-state index is 12.0. The SMILES string of the molecule is CC(=O)O[C@H]1[C@H]2c3cc4c(cc3C[N+]3(C)CC[C@@H](C[C@@H]1OC(C)=O)[C@@H]23)OCO4. The summed E-state index contributed by atoms with van der Waals surface area (Å²) in [6.07, 6.45) is 0.920. The predicted molar refractivity (Wildman–Crippen MR) is 97.7 cm³/mol. The lowest BCUT2D eigenvalue weighted by atomic mass is 9.67. The average molecular weight is 388 g/mol. The largest absolute Gasteiger partial charge is 0.459 e. The van der Waals surface area contributed by atoms with Gasteiger partial charge in [-0.25, -0.2) is 0 Å². The van der Waals surface area contributed by atoms with Crippen LogP contribution in [0, 0.1) is 5.92 Å².